The molecule has 0 bridgehead atoms. The number of rotatable bonds is 23. The van der Waals surface area contributed by atoms with Crippen molar-refractivity contribution in [3.8, 4) is 0 Å². The molecule has 0 aliphatic heterocycles. The number of carbonyl (C=O) groups is 6. The highest BCUT2D eigenvalue weighted by Gasteiger charge is 2.33. The molecule has 14 nitrogen and oxygen atoms in total. The number of nitrogens with two attached hydrogens (primary N) is 2. The zero-order chi connectivity index (χ0) is 36.2. The molecule has 0 fully saturated rings. The molecule has 0 spiro atoms. The summed E-state index contributed by atoms with van der Waals surface area (Å²) in [6.45, 7) is 7.00. The predicted octanol–water partition coefficient (Wildman–Crippen LogP) is 0.281. The Kier molecular flexibility index (Phi) is 20.1. The minimum Gasteiger partial charge on any atom is -0.480 e. The molecule has 0 saturated carbocycles. The summed E-state index contributed by atoms with van der Waals surface area (Å²) in [6, 6.07) is 3.91. The molecule has 1 rings (SSSR count). The first-order valence-corrected chi connectivity index (χ1v) is 17.8. The van der Waals surface area contributed by atoms with Gasteiger partial charge in [0, 0.05) is 6.42 Å². The Morgan fingerprint density at radius 3 is 1.94 bits per heavy atom. The van der Waals surface area contributed by atoms with Crippen LogP contribution in [-0.2, 0) is 35.2 Å². The van der Waals surface area contributed by atoms with E-state index in [0.717, 1.165) is 5.56 Å². The summed E-state index contributed by atoms with van der Waals surface area (Å²) in [5.74, 6) is -3.96. The first-order chi connectivity index (χ1) is 22.7. The van der Waals surface area contributed by atoms with E-state index in [1.807, 2.05) is 20.1 Å². The Bertz CT molecular complexity index is 1190. The van der Waals surface area contributed by atoms with E-state index in [2.05, 4.69) is 26.6 Å². The van der Waals surface area contributed by atoms with E-state index >= 15 is 0 Å². The van der Waals surface area contributed by atoms with Crippen LogP contribution in [0.15, 0.2) is 30.3 Å². The van der Waals surface area contributed by atoms with Crippen LogP contribution in [-0.4, -0.2) is 95.9 Å². The molecule has 1 aromatic carbocycles. The lowest BCUT2D eigenvalue weighted by atomic mass is 9.98. The van der Waals surface area contributed by atoms with E-state index < -0.39 is 78.2 Å². The van der Waals surface area contributed by atoms with Crippen LogP contribution >= 0.6 is 11.8 Å². The van der Waals surface area contributed by atoms with Gasteiger partial charge in [-0.25, -0.2) is 0 Å². The van der Waals surface area contributed by atoms with Crippen LogP contribution in [0.1, 0.15) is 65.4 Å². The molecule has 0 aliphatic carbocycles. The molecule has 10 N–H and O–H groups in total. The SMILES string of the molecule is CSCC[C@H](N)C(=O)N[C@@H](CCCCN)C(=O)N[C@@H](CC(C)C)C(=O)N[C@H](C(=O)N[C@@H](Cc1ccccc1)C(=O)NCC(=O)O)C(C)C. The summed E-state index contributed by atoms with van der Waals surface area (Å²) >= 11 is 1.56. The summed E-state index contributed by atoms with van der Waals surface area (Å²) < 4.78 is 0. The highest BCUT2D eigenvalue weighted by Crippen LogP contribution is 2.11. The molecule has 0 aromatic heterocycles. The van der Waals surface area contributed by atoms with Gasteiger partial charge in [0.05, 0.1) is 6.04 Å². The van der Waals surface area contributed by atoms with Gasteiger partial charge in [0.25, 0.3) is 0 Å². The van der Waals surface area contributed by atoms with E-state index in [-0.39, 0.29) is 18.8 Å². The molecule has 0 heterocycles. The maximum absolute atomic E-state index is 13.7. The average Bonchev–Trinajstić information content (AvgIpc) is 3.03. The van der Waals surface area contributed by atoms with Gasteiger partial charge < -0.3 is 43.2 Å². The Labute approximate surface area is 288 Å². The Hall–Kier alpha value is -3.69. The number of amides is 5. The van der Waals surface area contributed by atoms with Crippen molar-refractivity contribution < 1.29 is 33.9 Å². The Balaban J connectivity index is 3.17. The van der Waals surface area contributed by atoms with E-state index in [9.17, 15) is 28.8 Å². The van der Waals surface area contributed by atoms with Crippen LogP contribution < -0.4 is 38.1 Å². The first-order valence-electron chi connectivity index (χ1n) is 16.4. The maximum atomic E-state index is 13.7. The van der Waals surface area contributed by atoms with Crippen molar-refractivity contribution in [3.63, 3.8) is 0 Å². The zero-order valence-electron chi connectivity index (χ0n) is 28.8. The predicted molar refractivity (Wildman–Crippen MR) is 187 cm³/mol. The van der Waals surface area contributed by atoms with Gasteiger partial charge in [-0.15, -0.1) is 0 Å². The van der Waals surface area contributed by atoms with E-state index in [1.165, 1.54) is 0 Å². The molecule has 0 aliphatic rings. The number of carbonyl (C=O) groups excluding carboxylic acids is 5. The zero-order valence-corrected chi connectivity index (χ0v) is 29.6. The standard InChI is InChI=1S/C33H55N7O7S/c1-20(2)17-25(38-31(45)24(13-9-10-15-34)37-29(43)23(35)14-16-48-5)32(46)40-28(21(3)4)33(47)39-26(30(44)36-19-27(41)42)18-22-11-7-6-8-12-22/h6-8,11-12,20-21,23-26,28H,9-10,13-19,34-35H2,1-5H3,(H,36,44)(H,37,43)(H,38,45)(H,39,47)(H,40,46)(H,41,42)/t23-,24-,25-,26-,28-/m0/s1. The molecular formula is C33H55N7O7S. The quantitative estimate of drug-likeness (QED) is 0.0729. The molecule has 48 heavy (non-hydrogen) atoms. The van der Waals surface area contributed by atoms with Gasteiger partial charge in [-0.2, -0.15) is 11.8 Å². The number of carboxylic acids is 1. The Morgan fingerprint density at radius 1 is 0.771 bits per heavy atom. The van der Waals surface area contributed by atoms with Gasteiger partial charge in [-0.1, -0.05) is 58.0 Å². The van der Waals surface area contributed by atoms with E-state index in [1.54, 1.807) is 55.9 Å². The van der Waals surface area contributed by atoms with Crippen molar-refractivity contribution in [1.82, 2.24) is 26.6 Å². The monoisotopic (exact) mass is 693 g/mol. The fourth-order valence-corrected chi connectivity index (χ4v) is 5.28. The van der Waals surface area contributed by atoms with E-state index in [4.69, 9.17) is 16.6 Å². The lowest BCUT2D eigenvalue weighted by Crippen LogP contribution is -2.60. The number of benzene rings is 1. The first kappa shape index (κ1) is 42.3. The number of carboxylic acid groups (broad SMARTS) is 1. The van der Waals surface area contributed by atoms with Crippen LogP contribution in [0.25, 0.3) is 0 Å². The van der Waals surface area contributed by atoms with Gasteiger partial charge in [-0.3, -0.25) is 28.8 Å². The van der Waals surface area contributed by atoms with Crippen LogP contribution in [0.5, 0.6) is 0 Å². The summed E-state index contributed by atoms with van der Waals surface area (Å²) in [5, 5.41) is 22.2. The topological polar surface area (TPSA) is 235 Å². The van der Waals surface area contributed by atoms with Crippen molar-refractivity contribution in [1.29, 1.82) is 0 Å². The van der Waals surface area contributed by atoms with Crippen LogP contribution in [0, 0.1) is 11.8 Å². The van der Waals surface area contributed by atoms with Gasteiger partial charge in [0.2, 0.25) is 29.5 Å². The van der Waals surface area contributed by atoms with Gasteiger partial charge in [-0.05, 0) is 68.1 Å². The molecule has 5 amide bonds. The lowest BCUT2D eigenvalue weighted by Gasteiger charge is -2.29. The normalized spacial score (nSPS) is 14.3. The van der Waals surface area contributed by atoms with Crippen molar-refractivity contribution in [2.75, 3.05) is 25.1 Å². The van der Waals surface area contributed by atoms with Crippen molar-refractivity contribution in [2.45, 2.75) is 96.4 Å². The highest BCUT2D eigenvalue weighted by atomic mass is 32.2. The molecule has 0 saturated heterocycles. The number of thioether (sulfide) groups is 1. The summed E-state index contributed by atoms with van der Waals surface area (Å²) in [7, 11) is 0. The van der Waals surface area contributed by atoms with Gasteiger partial charge in [0.15, 0.2) is 0 Å². The van der Waals surface area contributed by atoms with Crippen LogP contribution in [0.3, 0.4) is 0 Å². The maximum Gasteiger partial charge on any atom is 0.322 e. The van der Waals surface area contributed by atoms with Crippen molar-refractivity contribution in [2.24, 2.45) is 23.3 Å². The summed E-state index contributed by atoms with van der Waals surface area (Å²) in [5.41, 5.74) is 12.4. The number of unbranched alkanes of at least 4 members (excludes halogenated alkanes) is 1. The summed E-state index contributed by atoms with van der Waals surface area (Å²) in [4.78, 5) is 77.5. The molecule has 15 heteroatoms. The second-order valence-electron chi connectivity index (χ2n) is 12.5. The third kappa shape index (κ3) is 16.4. The van der Waals surface area contributed by atoms with Gasteiger partial charge >= 0.3 is 5.97 Å². The van der Waals surface area contributed by atoms with Crippen molar-refractivity contribution >= 4 is 47.3 Å². The lowest BCUT2D eigenvalue weighted by molar-refractivity contribution is -0.138. The van der Waals surface area contributed by atoms with Crippen molar-refractivity contribution in [3.05, 3.63) is 35.9 Å². The number of nitrogens with one attached hydrogen (secondary N) is 5. The largest absolute Gasteiger partial charge is 0.480 e. The second-order valence-corrected chi connectivity index (χ2v) is 13.5. The molecule has 0 unspecified atom stereocenters. The minimum atomic E-state index is -1.24. The second kappa shape index (κ2) is 22.8. The summed E-state index contributed by atoms with van der Waals surface area (Å²) in [6.07, 6.45) is 4.17. The molecular weight excluding hydrogens is 638 g/mol. The smallest absolute Gasteiger partial charge is 0.322 e. The number of hydrogen-bond donors (Lipinski definition) is 8. The van der Waals surface area contributed by atoms with Crippen LogP contribution in [0.2, 0.25) is 0 Å². The van der Waals surface area contributed by atoms with Gasteiger partial charge in [0.1, 0.15) is 30.7 Å². The van der Waals surface area contributed by atoms with Crippen LogP contribution in [0.4, 0.5) is 0 Å². The fourth-order valence-electron chi connectivity index (χ4n) is 4.79. The third-order valence-corrected chi connectivity index (χ3v) is 8.11. The van der Waals surface area contributed by atoms with E-state index in [0.29, 0.717) is 38.0 Å². The minimum absolute atomic E-state index is 0.0224. The third-order valence-electron chi connectivity index (χ3n) is 7.47. The highest BCUT2D eigenvalue weighted by molar-refractivity contribution is 7.98. The molecule has 0 radical (unpaired) electrons. The molecule has 1 aromatic rings. The number of hydrogen-bond acceptors (Lipinski definition) is 9. The number of aliphatic carboxylic acids is 1. The molecule has 5 atom stereocenters. The average molecular weight is 694 g/mol. The molecule has 270 valence electrons. The Morgan fingerprint density at radius 2 is 1.38 bits per heavy atom. The fraction of sp³-hybridized carbons (Fsp3) is 0.636.